The molecule has 0 radical (unpaired) electrons. The highest BCUT2D eigenvalue weighted by Gasteiger charge is 2.26. The first-order valence-corrected chi connectivity index (χ1v) is 10.0. The van der Waals surface area contributed by atoms with Crippen LogP contribution in [-0.2, 0) is 22.6 Å². The molecule has 0 aromatic heterocycles. The number of hydrogen-bond donors (Lipinski definition) is 1. The highest BCUT2D eigenvalue weighted by molar-refractivity contribution is 6.30. The lowest BCUT2D eigenvalue weighted by Gasteiger charge is -2.29. The van der Waals surface area contributed by atoms with Crippen LogP contribution in [0.3, 0.4) is 0 Å². The number of hydrogen-bond acceptors (Lipinski definition) is 2. The van der Waals surface area contributed by atoms with Crippen LogP contribution in [0.25, 0.3) is 0 Å². The molecule has 0 saturated heterocycles. The zero-order valence-electron chi connectivity index (χ0n) is 17.0. The molecule has 0 bridgehead atoms. The van der Waals surface area contributed by atoms with E-state index in [1.165, 1.54) is 0 Å². The third kappa shape index (κ3) is 6.38. The van der Waals surface area contributed by atoms with Crippen LogP contribution in [0.15, 0.2) is 48.5 Å². The Kier molecular flexibility index (Phi) is 8.06. The minimum Gasteiger partial charge on any atom is -0.354 e. The predicted molar refractivity (Wildman–Crippen MR) is 114 cm³/mol. The van der Waals surface area contributed by atoms with E-state index in [2.05, 4.69) is 5.32 Å². The Morgan fingerprint density at radius 3 is 2.43 bits per heavy atom. The largest absolute Gasteiger partial charge is 0.354 e. The number of nitrogens with one attached hydrogen (secondary N) is 1. The van der Waals surface area contributed by atoms with Crippen molar-refractivity contribution in [2.24, 2.45) is 5.92 Å². The van der Waals surface area contributed by atoms with Crippen molar-refractivity contribution in [3.8, 4) is 0 Å². The second kappa shape index (κ2) is 10.3. The van der Waals surface area contributed by atoms with Gasteiger partial charge in [0.1, 0.15) is 6.04 Å². The number of rotatable bonds is 8. The van der Waals surface area contributed by atoms with Gasteiger partial charge in [-0.2, -0.15) is 0 Å². The van der Waals surface area contributed by atoms with Crippen molar-refractivity contribution >= 4 is 23.4 Å². The van der Waals surface area contributed by atoms with E-state index in [9.17, 15) is 9.59 Å². The number of carbonyl (C=O) groups is 2. The average Bonchev–Trinajstić information content (AvgIpc) is 2.64. The third-order valence-electron chi connectivity index (χ3n) is 4.70. The molecule has 0 saturated carbocycles. The zero-order valence-corrected chi connectivity index (χ0v) is 17.8. The Hall–Kier alpha value is -2.33. The van der Waals surface area contributed by atoms with Crippen molar-refractivity contribution in [1.82, 2.24) is 10.2 Å². The molecule has 4 nitrogen and oxygen atoms in total. The Morgan fingerprint density at radius 2 is 1.79 bits per heavy atom. The average molecular weight is 401 g/mol. The minimum atomic E-state index is -0.565. The van der Waals surface area contributed by atoms with E-state index >= 15 is 0 Å². The standard InChI is InChI=1S/C23H29ClN2O2/c1-16(2)14-25-23(28)18(4)26(15-20-10-6-5-8-17(20)3)22(27)13-19-9-7-11-21(24)12-19/h5-12,16,18H,13-15H2,1-4H3,(H,25,28)/t18-/m0/s1. The van der Waals surface area contributed by atoms with Crippen molar-refractivity contribution in [1.29, 1.82) is 0 Å². The molecule has 2 amide bonds. The zero-order chi connectivity index (χ0) is 20.7. The maximum absolute atomic E-state index is 13.1. The number of halogens is 1. The fourth-order valence-electron chi connectivity index (χ4n) is 2.93. The predicted octanol–water partition coefficient (Wildman–Crippen LogP) is 4.38. The van der Waals surface area contributed by atoms with Gasteiger partial charge in [0.25, 0.3) is 0 Å². The molecule has 5 heteroatoms. The molecule has 1 atom stereocenters. The second-order valence-electron chi connectivity index (χ2n) is 7.57. The van der Waals surface area contributed by atoms with E-state index in [-0.39, 0.29) is 18.2 Å². The monoisotopic (exact) mass is 400 g/mol. The lowest BCUT2D eigenvalue weighted by atomic mass is 10.1. The summed E-state index contributed by atoms with van der Waals surface area (Å²) in [5.41, 5.74) is 2.96. The third-order valence-corrected chi connectivity index (χ3v) is 4.93. The van der Waals surface area contributed by atoms with Gasteiger partial charge in [-0.05, 0) is 48.6 Å². The minimum absolute atomic E-state index is 0.0993. The van der Waals surface area contributed by atoms with Crippen LogP contribution in [0.4, 0.5) is 0 Å². The van der Waals surface area contributed by atoms with Gasteiger partial charge in [0, 0.05) is 18.1 Å². The fraction of sp³-hybridized carbons (Fsp3) is 0.391. The van der Waals surface area contributed by atoms with Gasteiger partial charge in [0.15, 0.2) is 0 Å². The van der Waals surface area contributed by atoms with Crippen molar-refractivity contribution in [3.05, 3.63) is 70.2 Å². The Bertz CT molecular complexity index is 820. The van der Waals surface area contributed by atoms with Gasteiger partial charge >= 0.3 is 0 Å². The number of benzene rings is 2. The number of carbonyl (C=O) groups excluding carboxylic acids is 2. The molecular formula is C23H29ClN2O2. The summed E-state index contributed by atoms with van der Waals surface area (Å²) in [5.74, 6) is 0.113. The van der Waals surface area contributed by atoms with E-state index in [1.54, 1.807) is 24.0 Å². The normalized spacial score (nSPS) is 11.9. The molecule has 1 N–H and O–H groups in total. The highest BCUT2D eigenvalue weighted by Crippen LogP contribution is 2.17. The first-order valence-electron chi connectivity index (χ1n) is 9.64. The lowest BCUT2D eigenvalue weighted by Crippen LogP contribution is -2.48. The van der Waals surface area contributed by atoms with Crippen LogP contribution in [-0.4, -0.2) is 29.3 Å². The van der Waals surface area contributed by atoms with Crippen molar-refractivity contribution in [2.75, 3.05) is 6.54 Å². The van der Waals surface area contributed by atoms with Gasteiger partial charge < -0.3 is 10.2 Å². The van der Waals surface area contributed by atoms with E-state index in [1.807, 2.05) is 57.2 Å². The molecule has 0 aliphatic heterocycles. The number of nitrogens with zero attached hydrogens (tertiary/aromatic N) is 1. The quantitative estimate of drug-likeness (QED) is 0.714. The summed E-state index contributed by atoms with van der Waals surface area (Å²) in [6.07, 6.45) is 0.203. The Labute approximate surface area is 172 Å². The molecule has 0 heterocycles. The summed E-state index contributed by atoms with van der Waals surface area (Å²) in [7, 11) is 0. The van der Waals surface area contributed by atoms with Crippen LogP contribution in [0, 0.1) is 12.8 Å². The maximum Gasteiger partial charge on any atom is 0.242 e. The molecule has 2 aromatic carbocycles. The van der Waals surface area contributed by atoms with Crippen molar-refractivity contribution in [2.45, 2.75) is 46.7 Å². The van der Waals surface area contributed by atoms with Gasteiger partial charge in [-0.25, -0.2) is 0 Å². The summed E-state index contributed by atoms with van der Waals surface area (Å²) in [6.45, 7) is 8.86. The van der Waals surface area contributed by atoms with E-state index < -0.39 is 6.04 Å². The van der Waals surface area contributed by atoms with Crippen LogP contribution in [0.5, 0.6) is 0 Å². The Morgan fingerprint density at radius 1 is 1.07 bits per heavy atom. The van der Waals surface area contributed by atoms with E-state index in [0.717, 1.165) is 16.7 Å². The molecule has 0 aliphatic rings. The Balaban J connectivity index is 2.22. The summed E-state index contributed by atoms with van der Waals surface area (Å²) in [5, 5.41) is 3.53. The highest BCUT2D eigenvalue weighted by atomic mass is 35.5. The van der Waals surface area contributed by atoms with Crippen LogP contribution < -0.4 is 5.32 Å². The first kappa shape index (κ1) is 22.0. The molecule has 2 rings (SSSR count). The van der Waals surface area contributed by atoms with Gasteiger partial charge in [-0.3, -0.25) is 9.59 Å². The molecular weight excluding hydrogens is 372 g/mol. The lowest BCUT2D eigenvalue weighted by molar-refractivity contribution is -0.140. The molecule has 0 aliphatic carbocycles. The van der Waals surface area contributed by atoms with Gasteiger partial charge in [0.2, 0.25) is 11.8 Å². The summed E-state index contributed by atoms with van der Waals surface area (Å²) in [4.78, 5) is 27.4. The summed E-state index contributed by atoms with van der Waals surface area (Å²) in [6, 6.07) is 14.6. The van der Waals surface area contributed by atoms with Gasteiger partial charge in [-0.15, -0.1) is 0 Å². The van der Waals surface area contributed by atoms with Crippen molar-refractivity contribution < 1.29 is 9.59 Å². The number of amides is 2. The summed E-state index contributed by atoms with van der Waals surface area (Å²) < 4.78 is 0. The smallest absolute Gasteiger partial charge is 0.242 e. The fourth-order valence-corrected chi connectivity index (χ4v) is 3.14. The number of aryl methyl sites for hydroxylation is 1. The topological polar surface area (TPSA) is 49.4 Å². The molecule has 0 fully saturated rings. The van der Waals surface area contributed by atoms with Crippen molar-refractivity contribution in [3.63, 3.8) is 0 Å². The first-order chi connectivity index (χ1) is 13.3. The van der Waals surface area contributed by atoms with Crippen LogP contribution in [0.2, 0.25) is 5.02 Å². The molecule has 2 aromatic rings. The van der Waals surface area contributed by atoms with Crippen LogP contribution in [0.1, 0.15) is 37.5 Å². The van der Waals surface area contributed by atoms with E-state index in [4.69, 9.17) is 11.6 Å². The molecule has 28 heavy (non-hydrogen) atoms. The SMILES string of the molecule is Cc1ccccc1CN(C(=O)Cc1cccc(Cl)c1)[C@@H](C)C(=O)NCC(C)C. The van der Waals surface area contributed by atoms with Crippen LogP contribution >= 0.6 is 11.6 Å². The van der Waals surface area contributed by atoms with Gasteiger partial charge in [-0.1, -0.05) is 61.8 Å². The second-order valence-corrected chi connectivity index (χ2v) is 8.01. The molecule has 0 spiro atoms. The van der Waals surface area contributed by atoms with Gasteiger partial charge in [0.05, 0.1) is 6.42 Å². The molecule has 0 unspecified atom stereocenters. The summed E-state index contributed by atoms with van der Waals surface area (Å²) >= 11 is 6.05. The maximum atomic E-state index is 13.1. The molecule has 150 valence electrons. The van der Waals surface area contributed by atoms with E-state index in [0.29, 0.717) is 24.0 Å².